The van der Waals surface area contributed by atoms with Gasteiger partial charge in [-0.15, -0.1) is 0 Å². The Morgan fingerprint density at radius 1 is 1.20 bits per heavy atom. The number of ether oxygens (including phenoxy) is 1. The van der Waals surface area contributed by atoms with Gasteiger partial charge in [0.05, 0.1) is 25.6 Å². The average molecular weight is 383 g/mol. The van der Waals surface area contributed by atoms with Gasteiger partial charge in [-0.1, -0.05) is 17.7 Å². The minimum Gasteiger partial charge on any atom is -0.497 e. The first-order valence-electron chi connectivity index (χ1n) is 7.47. The zero-order chi connectivity index (χ0) is 18.4. The van der Waals surface area contributed by atoms with Gasteiger partial charge in [0, 0.05) is 17.1 Å². The van der Waals surface area contributed by atoms with Crippen molar-refractivity contribution >= 4 is 33.2 Å². The van der Waals surface area contributed by atoms with E-state index in [0.29, 0.717) is 22.0 Å². The minimum atomic E-state index is -3.49. The van der Waals surface area contributed by atoms with Gasteiger partial charge in [-0.05, 0) is 42.5 Å². The Bertz CT molecular complexity index is 838. The Morgan fingerprint density at radius 2 is 1.88 bits per heavy atom. The second-order valence-electron chi connectivity index (χ2n) is 5.30. The van der Waals surface area contributed by atoms with Crippen LogP contribution in [0.15, 0.2) is 48.5 Å². The van der Waals surface area contributed by atoms with Crippen LogP contribution in [0.2, 0.25) is 5.02 Å². The number of hydrogen-bond donors (Lipinski definition) is 1. The van der Waals surface area contributed by atoms with Crippen molar-refractivity contribution in [2.24, 2.45) is 0 Å². The number of nitrogens with zero attached hydrogens (tertiary/aromatic N) is 1. The number of benzene rings is 2. The van der Waals surface area contributed by atoms with Crippen molar-refractivity contribution in [3.63, 3.8) is 0 Å². The van der Waals surface area contributed by atoms with E-state index in [0.717, 1.165) is 6.26 Å². The molecule has 0 unspecified atom stereocenters. The van der Waals surface area contributed by atoms with E-state index in [1.807, 2.05) is 0 Å². The molecule has 0 fully saturated rings. The molecule has 2 rings (SSSR count). The Kier molecular flexibility index (Phi) is 6.27. The van der Waals surface area contributed by atoms with Crippen LogP contribution in [0.4, 0.5) is 5.69 Å². The van der Waals surface area contributed by atoms with Crippen molar-refractivity contribution in [2.45, 2.75) is 0 Å². The summed E-state index contributed by atoms with van der Waals surface area (Å²) >= 11 is 5.86. The summed E-state index contributed by atoms with van der Waals surface area (Å²) in [6, 6.07) is 13.2. The molecule has 0 aromatic heterocycles. The van der Waals surface area contributed by atoms with E-state index < -0.39 is 10.0 Å². The van der Waals surface area contributed by atoms with Crippen molar-refractivity contribution in [2.75, 3.05) is 30.8 Å². The third kappa shape index (κ3) is 5.37. The van der Waals surface area contributed by atoms with E-state index in [2.05, 4.69) is 5.32 Å². The van der Waals surface area contributed by atoms with Crippen molar-refractivity contribution in [3.8, 4) is 5.75 Å². The Labute approximate surface area is 152 Å². The van der Waals surface area contributed by atoms with Crippen molar-refractivity contribution in [3.05, 3.63) is 59.1 Å². The fourth-order valence-electron chi connectivity index (χ4n) is 2.24. The Morgan fingerprint density at radius 3 is 2.44 bits per heavy atom. The van der Waals surface area contributed by atoms with Crippen LogP contribution in [0.25, 0.3) is 0 Å². The second-order valence-corrected chi connectivity index (χ2v) is 7.64. The predicted octanol–water partition coefficient (Wildman–Crippen LogP) is 2.54. The molecule has 0 bridgehead atoms. The van der Waals surface area contributed by atoms with E-state index >= 15 is 0 Å². The molecule has 0 saturated heterocycles. The number of nitrogens with one attached hydrogen (secondary N) is 1. The molecule has 2 aromatic rings. The molecule has 1 N–H and O–H groups in total. The van der Waals surface area contributed by atoms with Gasteiger partial charge >= 0.3 is 0 Å². The fraction of sp³-hybridized carbons (Fsp3) is 0.235. The highest BCUT2D eigenvalue weighted by atomic mass is 35.5. The van der Waals surface area contributed by atoms with Gasteiger partial charge in [-0.3, -0.25) is 9.10 Å². The molecule has 0 atom stereocenters. The van der Waals surface area contributed by atoms with Crippen LogP contribution >= 0.6 is 11.6 Å². The summed E-state index contributed by atoms with van der Waals surface area (Å²) in [4.78, 5) is 12.1. The quantitative estimate of drug-likeness (QED) is 0.798. The fourth-order valence-corrected chi connectivity index (χ4v) is 3.36. The molecule has 1 amide bonds. The highest BCUT2D eigenvalue weighted by molar-refractivity contribution is 7.92. The normalized spacial score (nSPS) is 11.0. The van der Waals surface area contributed by atoms with Crippen LogP contribution in [0.1, 0.15) is 10.4 Å². The largest absolute Gasteiger partial charge is 0.497 e. The number of rotatable bonds is 7. The molecule has 0 heterocycles. The monoisotopic (exact) mass is 382 g/mol. The van der Waals surface area contributed by atoms with Gasteiger partial charge in [-0.25, -0.2) is 8.42 Å². The summed E-state index contributed by atoms with van der Waals surface area (Å²) in [6.45, 7) is 0.266. The summed E-state index contributed by atoms with van der Waals surface area (Å²) in [5.74, 6) is 0.317. The van der Waals surface area contributed by atoms with Gasteiger partial charge in [0.25, 0.3) is 5.91 Å². The number of hydrogen-bond acceptors (Lipinski definition) is 4. The lowest BCUT2D eigenvalue weighted by Crippen LogP contribution is -2.38. The molecule has 8 heteroatoms. The Balaban J connectivity index is 2.04. The lowest BCUT2D eigenvalue weighted by atomic mass is 10.2. The SMILES string of the molecule is COc1ccc(N(CCNC(=O)c2cccc(Cl)c2)S(C)(=O)=O)cc1. The first-order valence-corrected chi connectivity index (χ1v) is 9.69. The van der Waals surface area contributed by atoms with Crippen molar-refractivity contribution < 1.29 is 17.9 Å². The Hall–Kier alpha value is -2.25. The maximum Gasteiger partial charge on any atom is 0.251 e. The average Bonchev–Trinajstić information content (AvgIpc) is 2.57. The van der Waals surface area contributed by atoms with Crippen LogP contribution in [0.5, 0.6) is 5.75 Å². The smallest absolute Gasteiger partial charge is 0.251 e. The van der Waals surface area contributed by atoms with E-state index in [9.17, 15) is 13.2 Å². The second kappa shape index (κ2) is 8.22. The summed E-state index contributed by atoms with van der Waals surface area (Å²) < 4.78 is 30.4. The molecule has 0 saturated carbocycles. The first-order chi connectivity index (χ1) is 11.8. The first kappa shape index (κ1) is 19.1. The molecular weight excluding hydrogens is 364 g/mol. The topological polar surface area (TPSA) is 75.7 Å². The van der Waals surface area contributed by atoms with Crippen LogP contribution in [-0.2, 0) is 10.0 Å². The van der Waals surface area contributed by atoms with Gasteiger partial charge in [0.15, 0.2) is 0 Å². The number of carbonyl (C=O) groups excluding carboxylic acids is 1. The molecule has 0 aliphatic heterocycles. The van der Waals surface area contributed by atoms with Crippen LogP contribution in [0, 0.1) is 0 Å². The van der Waals surface area contributed by atoms with E-state index in [1.54, 1.807) is 48.5 Å². The molecule has 6 nitrogen and oxygen atoms in total. The lowest BCUT2D eigenvalue weighted by Gasteiger charge is -2.22. The zero-order valence-electron chi connectivity index (χ0n) is 13.9. The predicted molar refractivity (Wildman–Crippen MR) is 99.0 cm³/mol. The third-order valence-electron chi connectivity index (χ3n) is 3.45. The van der Waals surface area contributed by atoms with E-state index in [1.165, 1.54) is 11.4 Å². The highest BCUT2D eigenvalue weighted by Crippen LogP contribution is 2.21. The van der Waals surface area contributed by atoms with Gasteiger partial charge in [-0.2, -0.15) is 0 Å². The summed E-state index contributed by atoms with van der Waals surface area (Å²) in [7, 11) is -1.95. The molecule has 0 spiro atoms. The molecule has 2 aromatic carbocycles. The maximum atomic E-state index is 12.1. The number of halogens is 1. The lowest BCUT2D eigenvalue weighted by molar-refractivity contribution is 0.0955. The van der Waals surface area contributed by atoms with Gasteiger partial charge in [0.2, 0.25) is 10.0 Å². The van der Waals surface area contributed by atoms with Crippen molar-refractivity contribution in [1.82, 2.24) is 5.32 Å². The molecule has 0 aliphatic rings. The summed E-state index contributed by atoms with van der Waals surface area (Å²) in [6.07, 6.45) is 1.12. The zero-order valence-corrected chi connectivity index (χ0v) is 15.5. The number of anilines is 1. The number of carbonyl (C=O) groups is 1. The van der Waals surface area contributed by atoms with Crippen LogP contribution in [-0.4, -0.2) is 40.8 Å². The van der Waals surface area contributed by atoms with Crippen LogP contribution < -0.4 is 14.4 Å². The number of amides is 1. The molecule has 0 aliphatic carbocycles. The molecule has 25 heavy (non-hydrogen) atoms. The van der Waals surface area contributed by atoms with Crippen LogP contribution in [0.3, 0.4) is 0 Å². The maximum absolute atomic E-state index is 12.1. The van der Waals surface area contributed by atoms with Gasteiger partial charge in [0.1, 0.15) is 5.75 Å². The molecule has 0 radical (unpaired) electrons. The number of methoxy groups -OCH3 is 1. The van der Waals surface area contributed by atoms with Gasteiger partial charge < -0.3 is 10.1 Å². The third-order valence-corrected chi connectivity index (χ3v) is 4.88. The number of sulfonamides is 1. The van der Waals surface area contributed by atoms with E-state index in [4.69, 9.17) is 16.3 Å². The summed E-state index contributed by atoms with van der Waals surface area (Å²) in [5.41, 5.74) is 0.920. The van der Waals surface area contributed by atoms with Crippen molar-refractivity contribution in [1.29, 1.82) is 0 Å². The minimum absolute atomic E-state index is 0.109. The highest BCUT2D eigenvalue weighted by Gasteiger charge is 2.17. The summed E-state index contributed by atoms with van der Waals surface area (Å²) in [5, 5.41) is 3.15. The standard InChI is InChI=1S/C17H19ClN2O4S/c1-24-16-8-6-15(7-9-16)20(25(2,22)23)11-10-19-17(21)13-4-3-5-14(18)12-13/h3-9,12H,10-11H2,1-2H3,(H,19,21). The van der Waals surface area contributed by atoms with E-state index in [-0.39, 0.29) is 19.0 Å². The molecule has 134 valence electrons. The molecular formula is C17H19ClN2O4S.